The topological polar surface area (TPSA) is 59.4 Å². The number of ketones is 1. The zero-order valence-corrected chi connectivity index (χ0v) is 6.60. The van der Waals surface area contributed by atoms with Crippen LogP contribution in [0, 0.1) is 4.91 Å². The van der Waals surface area contributed by atoms with E-state index in [1.54, 1.807) is 12.1 Å². The van der Waals surface area contributed by atoms with Gasteiger partial charge in [-0.05, 0) is 19.1 Å². The first-order valence-electron chi connectivity index (χ1n) is 3.52. The maximum atomic E-state index is 11.3. The minimum atomic E-state index is -0.813. The number of nitrogens with zero attached hydrogens (tertiary/aromatic N) is 2. The van der Waals surface area contributed by atoms with E-state index in [1.165, 1.54) is 19.3 Å². The van der Waals surface area contributed by atoms with E-state index in [2.05, 4.69) is 10.2 Å². The zero-order valence-electron chi connectivity index (χ0n) is 6.60. The smallest absolute Gasteiger partial charge is 0.190 e. The molecule has 1 aromatic rings. The van der Waals surface area contributed by atoms with Crippen LogP contribution in [0.2, 0.25) is 0 Å². The first-order valence-corrected chi connectivity index (χ1v) is 3.52. The number of carbonyl (C=O) groups excluding carboxylic acids is 1. The number of hydrogen-bond donors (Lipinski definition) is 0. The molecule has 0 N–H and O–H groups in total. The van der Waals surface area contributed by atoms with Gasteiger partial charge in [-0.3, -0.25) is 9.78 Å². The van der Waals surface area contributed by atoms with Gasteiger partial charge < -0.3 is 0 Å². The molecule has 0 fully saturated rings. The molecule has 0 aliphatic heterocycles. The Labute approximate surface area is 69.6 Å². The number of hydrogen-bond acceptors (Lipinski definition) is 4. The zero-order chi connectivity index (χ0) is 8.97. The summed E-state index contributed by atoms with van der Waals surface area (Å²) in [5.41, 5.74) is 0.470. The van der Waals surface area contributed by atoms with Crippen LogP contribution in [-0.2, 0) is 0 Å². The largest absolute Gasteiger partial charge is 0.292 e. The molecule has 0 saturated carbocycles. The molecule has 12 heavy (non-hydrogen) atoms. The lowest BCUT2D eigenvalue weighted by atomic mass is 10.1. The van der Waals surface area contributed by atoms with Gasteiger partial charge in [0, 0.05) is 18.0 Å². The third-order valence-electron chi connectivity index (χ3n) is 1.50. The highest BCUT2D eigenvalue weighted by molar-refractivity contribution is 5.99. The van der Waals surface area contributed by atoms with Crippen LogP contribution < -0.4 is 0 Å². The number of carbonyl (C=O) groups is 1. The fourth-order valence-electron chi connectivity index (χ4n) is 0.805. The predicted molar refractivity (Wildman–Crippen MR) is 43.8 cm³/mol. The van der Waals surface area contributed by atoms with Gasteiger partial charge in [-0.2, -0.15) is 4.91 Å². The predicted octanol–water partition coefficient (Wildman–Crippen LogP) is 1.42. The molecule has 62 valence electrons. The normalized spacial score (nSPS) is 12.1. The van der Waals surface area contributed by atoms with Gasteiger partial charge in [0.1, 0.15) is 0 Å². The summed E-state index contributed by atoms with van der Waals surface area (Å²) in [6, 6.07) is 2.31. The van der Waals surface area contributed by atoms with Gasteiger partial charge >= 0.3 is 0 Å². The lowest BCUT2D eigenvalue weighted by Crippen LogP contribution is -2.13. The molecule has 1 rings (SSSR count). The molecule has 0 amide bonds. The quantitative estimate of drug-likeness (QED) is 0.501. The molecule has 0 radical (unpaired) electrons. The number of rotatable bonds is 3. The molecule has 0 aliphatic rings. The standard InChI is InChI=1S/C8H8N2O2/c1-6(10-12)8(11)7-2-4-9-5-3-7/h2-6H,1H3. The van der Waals surface area contributed by atoms with Crippen LogP contribution in [0.3, 0.4) is 0 Å². The molecule has 1 atom stereocenters. The lowest BCUT2D eigenvalue weighted by molar-refractivity contribution is 0.0968. The van der Waals surface area contributed by atoms with E-state index in [9.17, 15) is 9.70 Å². The summed E-state index contributed by atoms with van der Waals surface area (Å²) >= 11 is 0. The van der Waals surface area contributed by atoms with Gasteiger partial charge in [-0.15, -0.1) is 0 Å². The SMILES string of the molecule is CC(N=O)C(=O)c1ccncc1. The van der Waals surface area contributed by atoms with Crippen LogP contribution in [0.4, 0.5) is 0 Å². The van der Waals surface area contributed by atoms with Crippen molar-refractivity contribution in [2.75, 3.05) is 0 Å². The summed E-state index contributed by atoms with van der Waals surface area (Å²) in [6.45, 7) is 1.47. The molecule has 4 nitrogen and oxygen atoms in total. The number of Topliss-reactive ketones (excluding diaryl/α,β-unsaturated/α-hetero) is 1. The summed E-state index contributed by atoms with van der Waals surface area (Å²) in [5.74, 6) is -0.271. The Hall–Kier alpha value is -1.58. The van der Waals surface area contributed by atoms with Crippen molar-refractivity contribution in [2.45, 2.75) is 13.0 Å². The second-order valence-corrected chi connectivity index (χ2v) is 2.38. The lowest BCUT2D eigenvalue weighted by Gasteiger charge is -1.99. The summed E-state index contributed by atoms with van der Waals surface area (Å²) in [6.07, 6.45) is 3.01. The third kappa shape index (κ3) is 1.72. The van der Waals surface area contributed by atoms with Gasteiger partial charge in [-0.25, -0.2) is 0 Å². The number of pyridine rings is 1. The van der Waals surface area contributed by atoms with E-state index in [-0.39, 0.29) is 5.78 Å². The highest BCUT2D eigenvalue weighted by atomic mass is 16.3. The van der Waals surface area contributed by atoms with E-state index < -0.39 is 6.04 Å². The molecular weight excluding hydrogens is 156 g/mol. The van der Waals surface area contributed by atoms with E-state index >= 15 is 0 Å². The number of nitroso groups, excluding NO2 is 1. The van der Waals surface area contributed by atoms with Crippen LogP contribution in [0.1, 0.15) is 17.3 Å². The minimum absolute atomic E-state index is 0.271. The molecule has 4 heteroatoms. The molecule has 1 unspecified atom stereocenters. The maximum Gasteiger partial charge on any atom is 0.190 e. The van der Waals surface area contributed by atoms with Gasteiger partial charge in [0.2, 0.25) is 0 Å². The molecular formula is C8H8N2O2. The summed E-state index contributed by atoms with van der Waals surface area (Å²) in [5, 5.41) is 2.64. The van der Waals surface area contributed by atoms with Crippen LogP contribution in [-0.4, -0.2) is 16.8 Å². The Bertz CT molecular complexity index is 284. The number of aromatic nitrogens is 1. The van der Waals surface area contributed by atoms with Crippen molar-refractivity contribution in [2.24, 2.45) is 5.18 Å². The maximum absolute atomic E-state index is 11.3. The second-order valence-electron chi connectivity index (χ2n) is 2.38. The molecule has 0 aromatic carbocycles. The van der Waals surface area contributed by atoms with Crippen molar-refractivity contribution >= 4 is 5.78 Å². The molecule has 0 bridgehead atoms. The van der Waals surface area contributed by atoms with Crippen molar-refractivity contribution in [3.63, 3.8) is 0 Å². The fraction of sp³-hybridized carbons (Fsp3) is 0.250. The first kappa shape index (κ1) is 8.52. The van der Waals surface area contributed by atoms with Crippen molar-refractivity contribution in [3.8, 4) is 0 Å². The summed E-state index contributed by atoms with van der Waals surface area (Å²) < 4.78 is 0. The van der Waals surface area contributed by atoms with Crippen molar-refractivity contribution in [1.29, 1.82) is 0 Å². The van der Waals surface area contributed by atoms with Crippen LogP contribution in [0.5, 0.6) is 0 Å². The van der Waals surface area contributed by atoms with Gasteiger partial charge in [-0.1, -0.05) is 5.18 Å². The molecule has 0 saturated heterocycles. The Morgan fingerprint density at radius 3 is 2.58 bits per heavy atom. The van der Waals surface area contributed by atoms with Crippen LogP contribution in [0.15, 0.2) is 29.7 Å². The highest BCUT2D eigenvalue weighted by Crippen LogP contribution is 2.03. The van der Waals surface area contributed by atoms with Crippen molar-refractivity contribution in [1.82, 2.24) is 4.98 Å². The van der Waals surface area contributed by atoms with Crippen LogP contribution >= 0.6 is 0 Å². The second kappa shape index (κ2) is 3.71. The van der Waals surface area contributed by atoms with Gasteiger partial charge in [0.15, 0.2) is 11.8 Å². The molecule has 0 spiro atoms. The van der Waals surface area contributed by atoms with Gasteiger partial charge in [0.25, 0.3) is 0 Å². The Morgan fingerprint density at radius 1 is 1.50 bits per heavy atom. The van der Waals surface area contributed by atoms with E-state index in [0.717, 1.165) is 0 Å². The third-order valence-corrected chi connectivity index (χ3v) is 1.50. The highest BCUT2D eigenvalue weighted by Gasteiger charge is 2.14. The fourth-order valence-corrected chi connectivity index (χ4v) is 0.805. The summed E-state index contributed by atoms with van der Waals surface area (Å²) in [4.78, 5) is 25.0. The molecule has 1 aromatic heterocycles. The van der Waals surface area contributed by atoms with Crippen molar-refractivity contribution in [3.05, 3.63) is 35.0 Å². The van der Waals surface area contributed by atoms with E-state index in [4.69, 9.17) is 0 Å². The van der Waals surface area contributed by atoms with Crippen molar-refractivity contribution < 1.29 is 4.79 Å². The Morgan fingerprint density at radius 2 is 2.08 bits per heavy atom. The Kier molecular flexibility index (Phi) is 2.63. The average Bonchev–Trinajstić information content (AvgIpc) is 2.17. The van der Waals surface area contributed by atoms with Crippen LogP contribution in [0.25, 0.3) is 0 Å². The molecule has 0 aliphatic carbocycles. The first-order chi connectivity index (χ1) is 5.75. The summed E-state index contributed by atoms with van der Waals surface area (Å²) in [7, 11) is 0. The minimum Gasteiger partial charge on any atom is -0.292 e. The average molecular weight is 164 g/mol. The Balaban J connectivity index is 2.85. The van der Waals surface area contributed by atoms with E-state index in [1.807, 2.05) is 0 Å². The van der Waals surface area contributed by atoms with E-state index in [0.29, 0.717) is 5.56 Å². The monoisotopic (exact) mass is 164 g/mol. The van der Waals surface area contributed by atoms with Gasteiger partial charge in [0.05, 0.1) is 0 Å². The molecule has 1 heterocycles.